The highest BCUT2D eigenvalue weighted by Gasteiger charge is 2.38. The van der Waals surface area contributed by atoms with Crippen LogP contribution in [0, 0.1) is 0 Å². The number of ether oxygens (including phenoxy) is 1. The van der Waals surface area contributed by atoms with E-state index in [0.29, 0.717) is 30.9 Å². The van der Waals surface area contributed by atoms with Crippen molar-refractivity contribution >= 4 is 43.0 Å². The van der Waals surface area contributed by atoms with Crippen LogP contribution in [0.1, 0.15) is 41.3 Å². The molecule has 2 N–H and O–H groups in total. The summed E-state index contributed by atoms with van der Waals surface area (Å²) in [5.74, 6) is 0. The number of aromatic nitrogens is 1. The van der Waals surface area contributed by atoms with Crippen LogP contribution in [-0.4, -0.2) is 37.0 Å². The molecule has 2 unspecified atom stereocenters. The van der Waals surface area contributed by atoms with Crippen LogP contribution in [0.2, 0.25) is 5.02 Å². The van der Waals surface area contributed by atoms with E-state index in [1.807, 2.05) is 54.6 Å². The molecule has 1 saturated carbocycles. The van der Waals surface area contributed by atoms with Crippen molar-refractivity contribution in [2.75, 3.05) is 13.2 Å². The summed E-state index contributed by atoms with van der Waals surface area (Å²) in [7, 11) is -3.47. The Morgan fingerprint density at radius 3 is 2.72 bits per heavy atom. The molecule has 3 heterocycles. The predicted molar refractivity (Wildman–Crippen MR) is 143 cm³/mol. The number of hydrogen-bond donors (Lipinski definition) is 2. The summed E-state index contributed by atoms with van der Waals surface area (Å²) in [5.41, 5.74) is 2.17. The van der Waals surface area contributed by atoms with Crippen LogP contribution in [0.15, 0.2) is 66.9 Å². The maximum Gasteiger partial charge on any atom is 0.215 e. The lowest BCUT2D eigenvalue weighted by atomic mass is 9.92. The first-order chi connectivity index (χ1) is 17.3. The molecular formula is C27H25ClN2O4S2. The molecule has 2 fully saturated rings. The van der Waals surface area contributed by atoms with Crippen molar-refractivity contribution in [3.63, 3.8) is 0 Å². The summed E-state index contributed by atoms with van der Waals surface area (Å²) < 4.78 is 35.3. The molecule has 1 saturated heterocycles. The van der Waals surface area contributed by atoms with Crippen LogP contribution < -0.4 is 4.72 Å². The SMILES string of the molecule is O=S(=O)(NC(c1cc2cccc(-c3cc(C4(O)CCOC4)ccn3)c2s1)c1ccccc1Cl)C1CC1. The van der Waals surface area contributed by atoms with E-state index in [9.17, 15) is 13.5 Å². The number of nitrogens with zero attached hydrogens (tertiary/aromatic N) is 1. The molecule has 6 nitrogen and oxygen atoms in total. The van der Waals surface area contributed by atoms with Gasteiger partial charge in [-0.3, -0.25) is 4.98 Å². The number of fused-ring (bicyclic) bond motifs is 1. The van der Waals surface area contributed by atoms with Crippen molar-refractivity contribution < 1.29 is 18.3 Å². The lowest BCUT2D eigenvalue weighted by molar-refractivity contribution is 0.0232. The van der Waals surface area contributed by atoms with Gasteiger partial charge in [0, 0.05) is 39.4 Å². The fraction of sp³-hybridized carbons (Fsp3) is 0.296. The maximum absolute atomic E-state index is 13.0. The third kappa shape index (κ3) is 4.47. The third-order valence-electron chi connectivity index (χ3n) is 6.88. The van der Waals surface area contributed by atoms with E-state index in [1.54, 1.807) is 12.3 Å². The van der Waals surface area contributed by atoms with Gasteiger partial charge in [0.25, 0.3) is 0 Å². The first-order valence-electron chi connectivity index (χ1n) is 11.9. The van der Waals surface area contributed by atoms with Gasteiger partial charge >= 0.3 is 0 Å². The van der Waals surface area contributed by atoms with Crippen molar-refractivity contribution in [1.82, 2.24) is 9.71 Å². The van der Waals surface area contributed by atoms with Crippen LogP contribution in [0.25, 0.3) is 21.3 Å². The smallest absolute Gasteiger partial charge is 0.215 e. The number of pyridine rings is 1. The summed E-state index contributed by atoms with van der Waals surface area (Å²) in [6.45, 7) is 0.794. The second kappa shape index (κ2) is 9.20. The predicted octanol–water partition coefficient (Wildman–Crippen LogP) is 5.40. The molecule has 4 aromatic rings. The van der Waals surface area contributed by atoms with E-state index in [2.05, 4.69) is 9.71 Å². The first kappa shape index (κ1) is 24.0. The number of hydrogen-bond acceptors (Lipinski definition) is 6. The van der Waals surface area contributed by atoms with Gasteiger partial charge in [-0.05, 0) is 53.6 Å². The zero-order valence-corrected chi connectivity index (χ0v) is 21.7. The maximum atomic E-state index is 13.0. The monoisotopic (exact) mass is 540 g/mol. The van der Waals surface area contributed by atoms with Crippen LogP contribution in [0.4, 0.5) is 0 Å². The molecule has 2 aromatic carbocycles. The number of thiophene rings is 1. The van der Waals surface area contributed by atoms with Gasteiger partial charge in [-0.15, -0.1) is 11.3 Å². The third-order valence-corrected chi connectivity index (χ3v) is 10.4. The molecule has 2 atom stereocenters. The second-order valence-electron chi connectivity index (χ2n) is 9.45. The Balaban J connectivity index is 1.45. The standard InChI is InChI=1S/C27H25ClN2O4S2/c28-22-7-2-1-5-20(22)25(30-36(32,33)19-8-9-19)24-14-17-4-3-6-21(26(17)35-24)23-15-18(10-12-29-23)27(31)11-13-34-16-27/h1-7,10,12,14-15,19,25,30-31H,8-9,11,13,16H2. The molecule has 2 aromatic heterocycles. The second-order valence-corrected chi connectivity index (χ2v) is 12.9. The van der Waals surface area contributed by atoms with Crippen molar-refractivity contribution in [3.05, 3.63) is 87.9 Å². The van der Waals surface area contributed by atoms with Gasteiger partial charge in [0.1, 0.15) is 5.60 Å². The van der Waals surface area contributed by atoms with Crippen LogP contribution in [0.5, 0.6) is 0 Å². The van der Waals surface area contributed by atoms with Gasteiger partial charge in [-0.25, -0.2) is 13.1 Å². The molecule has 0 spiro atoms. The Hall–Kier alpha value is -2.33. The quantitative estimate of drug-likeness (QED) is 0.328. The van der Waals surface area contributed by atoms with Gasteiger partial charge in [-0.1, -0.05) is 48.0 Å². The highest BCUT2D eigenvalue weighted by Crippen LogP contribution is 2.41. The minimum absolute atomic E-state index is 0.268. The Morgan fingerprint density at radius 1 is 1.14 bits per heavy atom. The number of nitrogens with one attached hydrogen (secondary N) is 1. The molecular weight excluding hydrogens is 516 g/mol. The normalized spacial score (nSPS) is 21.2. The first-order valence-corrected chi connectivity index (χ1v) is 14.6. The molecule has 6 rings (SSSR count). The molecule has 36 heavy (non-hydrogen) atoms. The van der Waals surface area contributed by atoms with Gasteiger partial charge < -0.3 is 9.84 Å². The Kier molecular flexibility index (Phi) is 6.14. The van der Waals surface area contributed by atoms with E-state index < -0.39 is 21.7 Å². The van der Waals surface area contributed by atoms with Crippen molar-refractivity contribution in [2.45, 2.75) is 36.2 Å². The number of benzene rings is 2. The van der Waals surface area contributed by atoms with E-state index in [0.717, 1.165) is 37.3 Å². The summed E-state index contributed by atoms with van der Waals surface area (Å²) >= 11 is 8.07. The molecule has 186 valence electrons. The van der Waals surface area contributed by atoms with E-state index >= 15 is 0 Å². The average molecular weight is 541 g/mol. The topological polar surface area (TPSA) is 88.5 Å². The molecule has 2 aliphatic rings. The van der Waals surface area contributed by atoms with Crippen molar-refractivity contribution in [1.29, 1.82) is 0 Å². The average Bonchev–Trinajstić information content (AvgIpc) is 3.52. The van der Waals surface area contributed by atoms with E-state index in [1.165, 1.54) is 11.3 Å². The summed E-state index contributed by atoms with van der Waals surface area (Å²) in [4.78, 5) is 5.46. The Morgan fingerprint density at radius 2 is 1.97 bits per heavy atom. The highest BCUT2D eigenvalue weighted by atomic mass is 35.5. The summed E-state index contributed by atoms with van der Waals surface area (Å²) in [6.07, 6.45) is 3.62. The molecule has 0 bridgehead atoms. The lowest BCUT2D eigenvalue weighted by Gasteiger charge is -2.21. The molecule has 0 radical (unpaired) electrons. The molecule has 1 aliphatic heterocycles. The zero-order chi connectivity index (χ0) is 24.9. The van der Waals surface area contributed by atoms with E-state index in [4.69, 9.17) is 16.3 Å². The van der Waals surface area contributed by atoms with Gasteiger partial charge in [0.05, 0.1) is 23.6 Å². The zero-order valence-electron chi connectivity index (χ0n) is 19.4. The minimum atomic E-state index is -3.47. The number of aliphatic hydroxyl groups is 1. The molecule has 9 heteroatoms. The van der Waals surface area contributed by atoms with Crippen LogP contribution >= 0.6 is 22.9 Å². The van der Waals surface area contributed by atoms with Crippen LogP contribution in [0.3, 0.4) is 0 Å². The largest absolute Gasteiger partial charge is 0.383 e. The van der Waals surface area contributed by atoms with E-state index in [-0.39, 0.29) is 11.9 Å². The van der Waals surface area contributed by atoms with Crippen molar-refractivity contribution in [3.8, 4) is 11.3 Å². The molecule has 1 aliphatic carbocycles. The summed E-state index contributed by atoms with van der Waals surface area (Å²) in [5, 5.41) is 12.2. The number of halogens is 1. The summed E-state index contributed by atoms with van der Waals surface area (Å²) in [6, 6.07) is 18.5. The minimum Gasteiger partial charge on any atom is -0.383 e. The van der Waals surface area contributed by atoms with Crippen LogP contribution in [-0.2, 0) is 20.4 Å². The molecule has 0 amide bonds. The Bertz CT molecular complexity index is 1540. The number of rotatable bonds is 7. The fourth-order valence-electron chi connectivity index (χ4n) is 4.70. The Labute approximate surface area is 219 Å². The number of sulfonamides is 1. The fourth-order valence-corrected chi connectivity index (χ4v) is 7.80. The van der Waals surface area contributed by atoms with Gasteiger partial charge in [0.2, 0.25) is 10.0 Å². The van der Waals surface area contributed by atoms with Crippen molar-refractivity contribution in [2.24, 2.45) is 0 Å². The van der Waals surface area contributed by atoms with Gasteiger partial charge in [-0.2, -0.15) is 0 Å². The lowest BCUT2D eigenvalue weighted by Crippen LogP contribution is -2.31. The van der Waals surface area contributed by atoms with Gasteiger partial charge in [0.15, 0.2) is 0 Å². The highest BCUT2D eigenvalue weighted by molar-refractivity contribution is 7.90.